The van der Waals surface area contributed by atoms with Gasteiger partial charge in [0.05, 0.1) is 7.11 Å². The van der Waals surface area contributed by atoms with E-state index in [9.17, 15) is 9.70 Å². The van der Waals surface area contributed by atoms with Crippen molar-refractivity contribution in [2.45, 2.75) is 6.04 Å². The van der Waals surface area contributed by atoms with Crippen molar-refractivity contribution in [1.29, 1.82) is 0 Å². The molecular formula is C5H8N2O3. The van der Waals surface area contributed by atoms with Gasteiger partial charge >= 0.3 is 5.97 Å². The van der Waals surface area contributed by atoms with Gasteiger partial charge in [0.15, 0.2) is 0 Å². The van der Waals surface area contributed by atoms with Crippen molar-refractivity contribution < 1.29 is 9.53 Å². The molecule has 0 amide bonds. The average Bonchev–Trinajstić information content (AvgIpc) is 2.00. The SMILES string of the molecule is C=C(N=O)C(N)C(=O)OC. The van der Waals surface area contributed by atoms with Crippen molar-refractivity contribution >= 4 is 5.97 Å². The second-order valence-corrected chi connectivity index (χ2v) is 1.58. The molecule has 0 heterocycles. The minimum absolute atomic E-state index is 0.230. The van der Waals surface area contributed by atoms with E-state index in [0.29, 0.717) is 0 Å². The summed E-state index contributed by atoms with van der Waals surface area (Å²) in [6.45, 7) is 3.14. The Bertz CT molecular complexity index is 166. The first-order valence-corrected chi connectivity index (χ1v) is 2.49. The molecule has 2 N–H and O–H groups in total. The molecule has 5 heteroatoms. The van der Waals surface area contributed by atoms with Gasteiger partial charge in [-0.25, -0.2) is 4.79 Å². The summed E-state index contributed by atoms with van der Waals surface area (Å²) in [5.74, 6) is -0.718. The van der Waals surface area contributed by atoms with Crippen LogP contribution in [0.4, 0.5) is 0 Å². The van der Waals surface area contributed by atoms with Gasteiger partial charge in [0, 0.05) is 0 Å². The molecule has 0 aromatic rings. The van der Waals surface area contributed by atoms with Crippen LogP contribution in [0, 0.1) is 4.91 Å². The lowest BCUT2D eigenvalue weighted by molar-refractivity contribution is -0.141. The van der Waals surface area contributed by atoms with Crippen molar-refractivity contribution in [3.05, 3.63) is 17.2 Å². The Morgan fingerprint density at radius 2 is 2.30 bits per heavy atom. The number of carbonyl (C=O) groups excluding carboxylic acids is 1. The van der Waals surface area contributed by atoms with Crippen LogP contribution >= 0.6 is 0 Å². The van der Waals surface area contributed by atoms with Gasteiger partial charge < -0.3 is 10.5 Å². The van der Waals surface area contributed by atoms with Crippen molar-refractivity contribution in [2.24, 2.45) is 10.9 Å². The normalized spacial score (nSPS) is 11.8. The molecule has 56 valence electrons. The number of nitrogens with two attached hydrogens (primary N) is 1. The fraction of sp³-hybridized carbons (Fsp3) is 0.400. The maximum Gasteiger partial charge on any atom is 0.329 e. The smallest absolute Gasteiger partial charge is 0.329 e. The zero-order valence-electron chi connectivity index (χ0n) is 5.53. The van der Waals surface area contributed by atoms with E-state index in [1.807, 2.05) is 0 Å². The minimum Gasteiger partial charge on any atom is -0.468 e. The number of hydrogen-bond acceptors (Lipinski definition) is 5. The molecule has 5 nitrogen and oxygen atoms in total. The lowest BCUT2D eigenvalue weighted by atomic mass is 10.2. The molecule has 0 spiro atoms. The summed E-state index contributed by atoms with van der Waals surface area (Å²) < 4.78 is 4.21. The number of rotatable bonds is 3. The highest BCUT2D eigenvalue weighted by Gasteiger charge is 2.17. The lowest BCUT2D eigenvalue weighted by Gasteiger charge is -2.04. The van der Waals surface area contributed by atoms with Gasteiger partial charge in [-0.3, -0.25) is 0 Å². The Kier molecular flexibility index (Phi) is 3.27. The van der Waals surface area contributed by atoms with Gasteiger partial charge in [-0.15, -0.1) is 4.91 Å². The van der Waals surface area contributed by atoms with Crippen molar-refractivity contribution in [3.63, 3.8) is 0 Å². The van der Waals surface area contributed by atoms with Crippen LogP contribution in [0.5, 0.6) is 0 Å². The number of nitrogens with zero attached hydrogens (tertiary/aromatic N) is 1. The molecule has 0 fully saturated rings. The monoisotopic (exact) mass is 144 g/mol. The quantitative estimate of drug-likeness (QED) is 0.438. The molecule has 0 aromatic heterocycles. The molecule has 0 aliphatic heterocycles. The largest absolute Gasteiger partial charge is 0.468 e. The van der Waals surface area contributed by atoms with E-state index in [4.69, 9.17) is 5.73 Å². The van der Waals surface area contributed by atoms with Gasteiger partial charge in [-0.05, 0) is 5.18 Å². The molecular weight excluding hydrogens is 136 g/mol. The van der Waals surface area contributed by atoms with E-state index >= 15 is 0 Å². The van der Waals surface area contributed by atoms with Crippen LogP contribution in [0.1, 0.15) is 0 Å². The third kappa shape index (κ3) is 1.94. The number of carbonyl (C=O) groups is 1. The van der Waals surface area contributed by atoms with E-state index in [-0.39, 0.29) is 5.70 Å². The van der Waals surface area contributed by atoms with Gasteiger partial charge in [0.25, 0.3) is 0 Å². The summed E-state index contributed by atoms with van der Waals surface area (Å²) >= 11 is 0. The van der Waals surface area contributed by atoms with Crippen LogP contribution in [0.15, 0.2) is 17.5 Å². The first-order chi connectivity index (χ1) is 4.63. The van der Waals surface area contributed by atoms with Crippen molar-refractivity contribution in [1.82, 2.24) is 0 Å². The number of ether oxygens (including phenoxy) is 1. The Labute approximate surface area is 57.8 Å². The summed E-state index contributed by atoms with van der Waals surface area (Å²) in [6, 6.07) is -1.14. The fourth-order valence-corrected chi connectivity index (χ4v) is 0.320. The summed E-state index contributed by atoms with van der Waals surface area (Å²) in [4.78, 5) is 20.2. The highest BCUT2D eigenvalue weighted by molar-refractivity contribution is 5.78. The summed E-state index contributed by atoms with van der Waals surface area (Å²) in [7, 11) is 1.17. The third-order valence-corrected chi connectivity index (χ3v) is 0.931. The summed E-state index contributed by atoms with van der Waals surface area (Å²) in [5, 5.41) is 2.39. The molecule has 0 bridgehead atoms. The summed E-state index contributed by atoms with van der Waals surface area (Å²) in [6.07, 6.45) is 0. The zero-order chi connectivity index (χ0) is 8.15. The molecule has 0 radical (unpaired) electrons. The number of hydrogen-bond donors (Lipinski definition) is 1. The van der Waals surface area contributed by atoms with E-state index in [2.05, 4.69) is 16.5 Å². The first-order valence-electron chi connectivity index (χ1n) is 2.49. The van der Waals surface area contributed by atoms with E-state index in [0.717, 1.165) is 0 Å². The van der Waals surface area contributed by atoms with Crippen LogP contribution in [0.2, 0.25) is 0 Å². The van der Waals surface area contributed by atoms with Crippen LogP contribution in [0.25, 0.3) is 0 Å². The topological polar surface area (TPSA) is 81.8 Å². The molecule has 0 aliphatic carbocycles. The van der Waals surface area contributed by atoms with Crippen LogP contribution in [-0.2, 0) is 9.53 Å². The predicted octanol–water partition coefficient (Wildman–Crippen LogP) is -0.233. The lowest BCUT2D eigenvalue weighted by Crippen LogP contribution is -2.32. The van der Waals surface area contributed by atoms with Crippen molar-refractivity contribution in [2.75, 3.05) is 7.11 Å². The van der Waals surface area contributed by atoms with Crippen LogP contribution in [-0.4, -0.2) is 19.1 Å². The zero-order valence-corrected chi connectivity index (χ0v) is 5.53. The Morgan fingerprint density at radius 1 is 1.80 bits per heavy atom. The van der Waals surface area contributed by atoms with E-state index in [1.165, 1.54) is 7.11 Å². The highest BCUT2D eigenvalue weighted by Crippen LogP contribution is 1.98. The Balaban J connectivity index is 4.06. The molecule has 1 unspecified atom stereocenters. The van der Waals surface area contributed by atoms with E-state index < -0.39 is 12.0 Å². The first kappa shape index (κ1) is 8.77. The standard InChI is InChI=1S/C5H8N2O3/c1-3(7-9)4(6)5(8)10-2/h4H,1,6H2,2H3. The van der Waals surface area contributed by atoms with Gasteiger partial charge in [-0.1, -0.05) is 6.58 Å². The highest BCUT2D eigenvalue weighted by atomic mass is 16.5. The number of nitroso groups, excluding NO2 is 1. The van der Waals surface area contributed by atoms with Crippen LogP contribution in [0.3, 0.4) is 0 Å². The van der Waals surface area contributed by atoms with Gasteiger partial charge in [0.1, 0.15) is 11.7 Å². The maximum absolute atomic E-state index is 10.5. The Morgan fingerprint density at radius 3 is 2.60 bits per heavy atom. The second-order valence-electron chi connectivity index (χ2n) is 1.58. The molecule has 0 saturated heterocycles. The third-order valence-electron chi connectivity index (χ3n) is 0.931. The van der Waals surface area contributed by atoms with Gasteiger partial charge in [0.2, 0.25) is 0 Å². The number of methoxy groups -OCH3 is 1. The second kappa shape index (κ2) is 3.73. The minimum atomic E-state index is -1.14. The molecule has 1 atom stereocenters. The molecule has 0 rings (SSSR count). The molecule has 0 aliphatic rings. The number of esters is 1. The van der Waals surface area contributed by atoms with Gasteiger partial charge in [-0.2, -0.15) is 0 Å². The van der Waals surface area contributed by atoms with Crippen LogP contribution < -0.4 is 5.73 Å². The average molecular weight is 144 g/mol. The molecule has 10 heavy (non-hydrogen) atoms. The molecule has 0 saturated carbocycles. The predicted molar refractivity (Wildman–Crippen MR) is 34.9 cm³/mol. The van der Waals surface area contributed by atoms with E-state index in [1.54, 1.807) is 0 Å². The summed E-state index contributed by atoms with van der Waals surface area (Å²) in [5.41, 5.74) is 4.88. The fourth-order valence-electron chi connectivity index (χ4n) is 0.320. The maximum atomic E-state index is 10.5. The Hall–Kier alpha value is -1.23. The molecule has 0 aromatic carbocycles. The van der Waals surface area contributed by atoms with Crippen molar-refractivity contribution in [3.8, 4) is 0 Å².